The van der Waals surface area contributed by atoms with Crippen LogP contribution in [-0.2, 0) is 13.5 Å². The Labute approximate surface area is 155 Å². The minimum Gasteiger partial charge on any atom is -0.494 e. The molecule has 0 bridgehead atoms. The summed E-state index contributed by atoms with van der Waals surface area (Å²) in [5.74, 6) is 1.74. The van der Waals surface area contributed by atoms with E-state index in [2.05, 4.69) is 4.98 Å². The molecule has 3 aromatic rings. The number of aromatic nitrogens is 2. The third kappa shape index (κ3) is 4.23. The lowest BCUT2D eigenvalue weighted by atomic mass is 10.1. The van der Waals surface area contributed by atoms with Crippen LogP contribution in [0.3, 0.4) is 0 Å². The molecule has 0 aliphatic carbocycles. The second kappa shape index (κ2) is 8.05. The van der Waals surface area contributed by atoms with Gasteiger partial charge in [-0.25, -0.2) is 4.98 Å². The van der Waals surface area contributed by atoms with Gasteiger partial charge in [-0.1, -0.05) is 29.5 Å². The largest absolute Gasteiger partial charge is 0.494 e. The van der Waals surface area contributed by atoms with Crippen LogP contribution in [0.2, 0.25) is 0 Å². The molecule has 136 valence electrons. The summed E-state index contributed by atoms with van der Waals surface area (Å²) in [6.07, 6.45) is 2.29. The number of nitrogens with zero attached hydrogens (tertiary/aromatic N) is 3. The summed E-state index contributed by atoms with van der Waals surface area (Å²) < 4.78 is 7.04. The summed E-state index contributed by atoms with van der Waals surface area (Å²) >= 11 is 1.07. The van der Waals surface area contributed by atoms with Crippen molar-refractivity contribution in [3.05, 3.63) is 68.8 Å². The van der Waals surface area contributed by atoms with Crippen LogP contribution in [0.15, 0.2) is 53.5 Å². The molecule has 0 spiro atoms. The minimum atomic E-state index is -0.158. The fourth-order valence-electron chi connectivity index (χ4n) is 2.49. The number of hydrogen-bond donors (Lipinski definition) is 1. The zero-order valence-corrected chi connectivity index (χ0v) is 15.6. The fourth-order valence-corrected chi connectivity index (χ4v) is 3.39. The first-order chi connectivity index (χ1) is 12.5. The summed E-state index contributed by atoms with van der Waals surface area (Å²) in [5.41, 5.74) is 1.01. The molecule has 0 atom stereocenters. The molecule has 0 aliphatic heterocycles. The molecular weight excluding hydrogens is 350 g/mol. The zero-order valence-electron chi connectivity index (χ0n) is 14.8. The van der Waals surface area contributed by atoms with Gasteiger partial charge in [0.15, 0.2) is 0 Å². The lowest BCUT2D eigenvalue weighted by molar-refractivity contribution is 0.325. The van der Waals surface area contributed by atoms with Gasteiger partial charge in [0.05, 0.1) is 11.4 Å². The second-order valence-corrected chi connectivity index (χ2v) is 7.00. The van der Waals surface area contributed by atoms with Gasteiger partial charge in [-0.2, -0.15) is 0 Å². The first-order valence-electron chi connectivity index (χ1n) is 8.26. The summed E-state index contributed by atoms with van der Waals surface area (Å²) in [5, 5.41) is 9.94. The van der Waals surface area contributed by atoms with Crippen molar-refractivity contribution in [2.75, 3.05) is 25.1 Å². The summed E-state index contributed by atoms with van der Waals surface area (Å²) in [6, 6.07) is 13.5. The van der Waals surface area contributed by atoms with Gasteiger partial charge in [0, 0.05) is 26.7 Å². The van der Waals surface area contributed by atoms with Crippen molar-refractivity contribution in [2.24, 2.45) is 7.05 Å². The average molecular weight is 371 g/mol. The molecule has 6 nitrogen and oxygen atoms in total. The predicted octanol–water partition coefficient (Wildman–Crippen LogP) is 2.65. The Balaban J connectivity index is 1.53. The first kappa shape index (κ1) is 18.0. The monoisotopic (exact) mass is 371 g/mol. The molecule has 0 radical (unpaired) electrons. The number of pyridine rings is 1. The Kier molecular flexibility index (Phi) is 5.58. The quantitative estimate of drug-likeness (QED) is 0.692. The highest BCUT2D eigenvalue weighted by molar-refractivity contribution is 7.09. The molecule has 7 heteroatoms. The Morgan fingerprint density at radius 3 is 2.62 bits per heavy atom. The van der Waals surface area contributed by atoms with Crippen molar-refractivity contribution in [3.8, 4) is 11.6 Å². The maximum atomic E-state index is 11.6. The lowest BCUT2D eigenvalue weighted by Gasteiger charge is -2.18. The van der Waals surface area contributed by atoms with Crippen molar-refractivity contribution in [3.63, 3.8) is 0 Å². The van der Waals surface area contributed by atoms with Gasteiger partial charge in [0.1, 0.15) is 18.2 Å². The van der Waals surface area contributed by atoms with Gasteiger partial charge in [-0.15, -0.1) is 0 Å². The topological polar surface area (TPSA) is 67.6 Å². The highest BCUT2D eigenvalue weighted by Crippen LogP contribution is 2.23. The highest BCUT2D eigenvalue weighted by atomic mass is 32.1. The van der Waals surface area contributed by atoms with Gasteiger partial charge in [0.25, 0.3) is 0 Å². The van der Waals surface area contributed by atoms with Crippen LogP contribution in [0, 0.1) is 0 Å². The van der Waals surface area contributed by atoms with Crippen LogP contribution in [-0.4, -0.2) is 34.9 Å². The molecule has 1 N–H and O–H groups in total. The minimum absolute atomic E-state index is 0.0397. The molecule has 0 saturated heterocycles. The Morgan fingerprint density at radius 1 is 1.23 bits per heavy atom. The summed E-state index contributed by atoms with van der Waals surface area (Å²) in [7, 11) is 3.54. The van der Waals surface area contributed by atoms with E-state index in [-0.39, 0.29) is 10.8 Å². The van der Waals surface area contributed by atoms with E-state index in [0.717, 1.165) is 35.0 Å². The van der Waals surface area contributed by atoms with Gasteiger partial charge in [0.2, 0.25) is 5.88 Å². The summed E-state index contributed by atoms with van der Waals surface area (Å²) in [6.45, 7) is 1.28. The van der Waals surface area contributed by atoms with Crippen molar-refractivity contribution >= 4 is 17.2 Å². The first-order valence-corrected chi connectivity index (χ1v) is 9.08. The van der Waals surface area contributed by atoms with E-state index in [1.54, 1.807) is 13.2 Å². The molecule has 26 heavy (non-hydrogen) atoms. The van der Waals surface area contributed by atoms with Gasteiger partial charge >= 0.3 is 4.87 Å². The second-order valence-electron chi connectivity index (χ2n) is 5.95. The maximum Gasteiger partial charge on any atom is 0.309 e. The molecule has 1 aromatic carbocycles. The third-order valence-corrected chi connectivity index (χ3v) is 5.10. The number of hydrogen-bond acceptors (Lipinski definition) is 6. The molecule has 0 aliphatic rings. The van der Waals surface area contributed by atoms with E-state index in [4.69, 9.17) is 4.74 Å². The number of benzene rings is 1. The van der Waals surface area contributed by atoms with Crippen LogP contribution < -0.4 is 14.5 Å². The number of aromatic hydroxyl groups is 1. The van der Waals surface area contributed by atoms with E-state index >= 15 is 0 Å². The Bertz CT molecular complexity index is 904. The smallest absolute Gasteiger partial charge is 0.309 e. The van der Waals surface area contributed by atoms with Crippen molar-refractivity contribution in [1.29, 1.82) is 0 Å². The molecule has 3 rings (SSSR count). The van der Waals surface area contributed by atoms with Crippen LogP contribution in [0.1, 0.15) is 10.4 Å². The number of ether oxygens (including phenoxy) is 1. The average Bonchev–Trinajstić information content (AvgIpc) is 2.90. The van der Waals surface area contributed by atoms with Gasteiger partial charge in [-0.3, -0.25) is 9.36 Å². The molecular formula is C19H21N3O3S. The fraction of sp³-hybridized carbons (Fsp3) is 0.263. The standard InChI is InChI=1S/C19H21N3O3S/c1-21(17-5-3-4-10-20-17)11-12-25-15-8-6-14(7-9-15)13-16-18(23)22(2)19(24)26-16/h3-10,23H,11-13H2,1-2H3. The highest BCUT2D eigenvalue weighted by Gasteiger charge is 2.11. The number of thiazole rings is 1. The molecule has 0 fully saturated rings. The van der Waals surface area contributed by atoms with Crippen molar-refractivity contribution in [1.82, 2.24) is 9.55 Å². The Hall–Kier alpha value is -2.80. The van der Waals surface area contributed by atoms with E-state index in [9.17, 15) is 9.90 Å². The van der Waals surface area contributed by atoms with E-state index in [1.807, 2.05) is 54.4 Å². The van der Waals surface area contributed by atoms with Crippen LogP contribution in [0.25, 0.3) is 0 Å². The summed E-state index contributed by atoms with van der Waals surface area (Å²) in [4.78, 5) is 18.4. The van der Waals surface area contributed by atoms with Crippen molar-refractivity contribution in [2.45, 2.75) is 6.42 Å². The van der Waals surface area contributed by atoms with Crippen LogP contribution >= 0.6 is 11.3 Å². The predicted molar refractivity (Wildman–Crippen MR) is 103 cm³/mol. The van der Waals surface area contributed by atoms with E-state index in [0.29, 0.717) is 17.9 Å². The number of rotatable bonds is 7. The number of likely N-dealkylation sites (N-methyl/N-ethyl adjacent to an activating group) is 1. The zero-order chi connectivity index (χ0) is 18.5. The number of anilines is 1. The van der Waals surface area contributed by atoms with Gasteiger partial charge in [-0.05, 0) is 29.8 Å². The molecule has 0 unspecified atom stereocenters. The lowest BCUT2D eigenvalue weighted by Crippen LogP contribution is -2.24. The van der Waals surface area contributed by atoms with Crippen LogP contribution in [0.5, 0.6) is 11.6 Å². The normalized spacial score (nSPS) is 10.7. The van der Waals surface area contributed by atoms with Crippen molar-refractivity contribution < 1.29 is 9.84 Å². The SMILES string of the molecule is CN(CCOc1ccc(Cc2sc(=O)n(C)c2O)cc1)c1ccccn1. The molecule has 2 heterocycles. The van der Waals surface area contributed by atoms with Crippen LogP contribution in [0.4, 0.5) is 5.82 Å². The molecule has 2 aromatic heterocycles. The molecule has 0 saturated carbocycles. The third-order valence-electron chi connectivity index (χ3n) is 4.08. The van der Waals surface area contributed by atoms with E-state index in [1.165, 1.54) is 4.57 Å². The van der Waals surface area contributed by atoms with E-state index < -0.39 is 0 Å². The Morgan fingerprint density at radius 2 is 2.00 bits per heavy atom. The maximum absolute atomic E-state index is 11.6. The molecule has 0 amide bonds. The van der Waals surface area contributed by atoms with Gasteiger partial charge < -0.3 is 14.7 Å².